The highest BCUT2D eigenvalue weighted by Gasteiger charge is 2.46. The van der Waals surface area contributed by atoms with E-state index in [0.717, 1.165) is 37.9 Å². The number of ether oxygens (including phenoxy) is 1. The molecule has 20 heavy (non-hydrogen) atoms. The molecule has 5 nitrogen and oxygen atoms in total. The predicted molar refractivity (Wildman–Crippen MR) is 74.4 cm³/mol. The van der Waals surface area contributed by atoms with Crippen LogP contribution in [0, 0.1) is 0 Å². The van der Waals surface area contributed by atoms with Crippen molar-refractivity contribution < 1.29 is 14.6 Å². The summed E-state index contributed by atoms with van der Waals surface area (Å²) in [7, 11) is 0. The SMILES string of the molecule is O=C1OCC2(CCCNCC2)N1Cc1ccc(O)cc1. The minimum Gasteiger partial charge on any atom is -0.508 e. The molecule has 2 heterocycles. The lowest BCUT2D eigenvalue weighted by Gasteiger charge is -2.34. The number of phenolic OH excluding ortho intramolecular Hbond substituents is 1. The minimum absolute atomic E-state index is 0.168. The number of amides is 1. The molecule has 0 bridgehead atoms. The van der Waals surface area contributed by atoms with Gasteiger partial charge >= 0.3 is 6.09 Å². The molecule has 2 saturated heterocycles. The molecular weight excluding hydrogens is 256 g/mol. The molecule has 0 aliphatic carbocycles. The molecule has 2 aliphatic rings. The third-order valence-electron chi connectivity index (χ3n) is 4.30. The van der Waals surface area contributed by atoms with Gasteiger partial charge in [-0.15, -0.1) is 0 Å². The maximum atomic E-state index is 12.1. The van der Waals surface area contributed by atoms with Crippen molar-refractivity contribution in [1.29, 1.82) is 0 Å². The second-order valence-electron chi connectivity index (χ2n) is 5.64. The fourth-order valence-electron chi connectivity index (χ4n) is 3.09. The summed E-state index contributed by atoms with van der Waals surface area (Å²) in [6.45, 7) is 2.95. The average Bonchev–Trinajstić information content (AvgIpc) is 2.65. The summed E-state index contributed by atoms with van der Waals surface area (Å²) in [6.07, 6.45) is 2.74. The molecule has 1 unspecified atom stereocenters. The second-order valence-corrected chi connectivity index (χ2v) is 5.64. The van der Waals surface area contributed by atoms with E-state index in [-0.39, 0.29) is 17.4 Å². The Bertz CT molecular complexity index is 478. The van der Waals surface area contributed by atoms with Gasteiger partial charge in [0.05, 0.1) is 5.54 Å². The van der Waals surface area contributed by atoms with Gasteiger partial charge < -0.3 is 15.2 Å². The molecule has 0 aromatic heterocycles. The van der Waals surface area contributed by atoms with Crippen molar-refractivity contribution in [3.63, 3.8) is 0 Å². The van der Waals surface area contributed by atoms with Crippen LogP contribution in [0.4, 0.5) is 4.79 Å². The molecular formula is C15H20N2O3. The van der Waals surface area contributed by atoms with Gasteiger partial charge in [-0.2, -0.15) is 0 Å². The van der Waals surface area contributed by atoms with E-state index in [4.69, 9.17) is 4.74 Å². The summed E-state index contributed by atoms with van der Waals surface area (Å²) in [4.78, 5) is 13.9. The first kappa shape index (κ1) is 13.2. The van der Waals surface area contributed by atoms with E-state index in [0.29, 0.717) is 13.2 Å². The van der Waals surface area contributed by atoms with Crippen LogP contribution in [0.5, 0.6) is 5.75 Å². The Morgan fingerprint density at radius 3 is 2.85 bits per heavy atom. The third-order valence-corrected chi connectivity index (χ3v) is 4.30. The van der Waals surface area contributed by atoms with Crippen molar-refractivity contribution in [2.75, 3.05) is 19.7 Å². The lowest BCUT2D eigenvalue weighted by atomic mass is 9.90. The fraction of sp³-hybridized carbons (Fsp3) is 0.533. The zero-order chi connectivity index (χ0) is 14.0. The standard InChI is InChI=1S/C15H20N2O3/c18-13-4-2-12(3-5-13)10-17-14(19)20-11-15(17)6-1-8-16-9-7-15/h2-5,16,18H,1,6-11H2. The first-order chi connectivity index (χ1) is 9.70. The second kappa shape index (κ2) is 5.32. The highest BCUT2D eigenvalue weighted by molar-refractivity contribution is 5.71. The maximum Gasteiger partial charge on any atom is 0.410 e. The van der Waals surface area contributed by atoms with E-state index in [1.54, 1.807) is 12.1 Å². The summed E-state index contributed by atoms with van der Waals surface area (Å²) < 4.78 is 5.32. The first-order valence-corrected chi connectivity index (χ1v) is 7.13. The van der Waals surface area contributed by atoms with E-state index in [1.807, 2.05) is 17.0 Å². The lowest BCUT2D eigenvalue weighted by Crippen LogP contribution is -2.47. The Balaban J connectivity index is 1.81. The predicted octanol–water partition coefficient (Wildman–Crippen LogP) is 1.86. The number of hydrogen-bond acceptors (Lipinski definition) is 4. The zero-order valence-electron chi connectivity index (χ0n) is 11.5. The zero-order valence-corrected chi connectivity index (χ0v) is 11.5. The van der Waals surface area contributed by atoms with E-state index < -0.39 is 0 Å². The molecule has 1 amide bonds. The summed E-state index contributed by atoms with van der Waals surface area (Å²) >= 11 is 0. The van der Waals surface area contributed by atoms with Gasteiger partial charge in [0.25, 0.3) is 0 Å². The quantitative estimate of drug-likeness (QED) is 0.865. The van der Waals surface area contributed by atoms with Gasteiger partial charge in [-0.1, -0.05) is 12.1 Å². The van der Waals surface area contributed by atoms with Crippen molar-refractivity contribution in [2.45, 2.75) is 31.3 Å². The van der Waals surface area contributed by atoms with Crippen LogP contribution >= 0.6 is 0 Å². The van der Waals surface area contributed by atoms with Gasteiger partial charge in [0.1, 0.15) is 12.4 Å². The van der Waals surface area contributed by atoms with Crippen LogP contribution in [0.25, 0.3) is 0 Å². The molecule has 2 aliphatic heterocycles. The maximum absolute atomic E-state index is 12.1. The Morgan fingerprint density at radius 2 is 2.05 bits per heavy atom. The first-order valence-electron chi connectivity index (χ1n) is 7.13. The largest absolute Gasteiger partial charge is 0.508 e. The normalized spacial score (nSPS) is 26.6. The third kappa shape index (κ3) is 2.45. The van der Waals surface area contributed by atoms with Crippen molar-refractivity contribution in [2.24, 2.45) is 0 Å². The molecule has 0 saturated carbocycles. The molecule has 3 rings (SSSR count). The number of nitrogens with zero attached hydrogens (tertiary/aromatic N) is 1. The van der Waals surface area contributed by atoms with Crippen molar-refractivity contribution >= 4 is 6.09 Å². The van der Waals surface area contributed by atoms with E-state index in [2.05, 4.69) is 5.32 Å². The number of nitrogens with one attached hydrogen (secondary N) is 1. The molecule has 2 fully saturated rings. The Labute approximate surface area is 118 Å². The van der Waals surface area contributed by atoms with Gasteiger partial charge in [0.15, 0.2) is 0 Å². The van der Waals surface area contributed by atoms with Crippen LogP contribution in [0.1, 0.15) is 24.8 Å². The van der Waals surface area contributed by atoms with E-state index in [9.17, 15) is 9.90 Å². The number of rotatable bonds is 2. The highest BCUT2D eigenvalue weighted by atomic mass is 16.6. The molecule has 108 valence electrons. The average molecular weight is 276 g/mol. The number of hydrogen-bond donors (Lipinski definition) is 2. The number of cyclic esters (lactones) is 1. The number of benzene rings is 1. The number of carbonyl (C=O) groups is 1. The van der Waals surface area contributed by atoms with Gasteiger partial charge in [0, 0.05) is 6.54 Å². The van der Waals surface area contributed by atoms with Gasteiger partial charge in [-0.3, -0.25) is 4.90 Å². The summed E-state index contributed by atoms with van der Waals surface area (Å²) in [5.74, 6) is 0.242. The van der Waals surface area contributed by atoms with Crippen LogP contribution in [-0.2, 0) is 11.3 Å². The molecule has 2 N–H and O–H groups in total. The van der Waals surface area contributed by atoms with Gasteiger partial charge in [-0.05, 0) is 50.0 Å². The number of phenols is 1. The monoisotopic (exact) mass is 276 g/mol. The smallest absolute Gasteiger partial charge is 0.410 e. The molecule has 1 aromatic rings. The molecule has 1 atom stereocenters. The van der Waals surface area contributed by atoms with Crippen molar-refractivity contribution in [3.8, 4) is 5.75 Å². The number of carbonyl (C=O) groups excluding carboxylic acids is 1. The fourth-order valence-corrected chi connectivity index (χ4v) is 3.09. The lowest BCUT2D eigenvalue weighted by molar-refractivity contribution is 0.137. The van der Waals surface area contributed by atoms with Crippen molar-refractivity contribution in [3.05, 3.63) is 29.8 Å². The molecule has 1 aromatic carbocycles. The van der Waals surface area contributed by atoms with Crippen LogP contribution in [0.2, 0.25) is 0 Å². The van der Waals surface area contributed by atoms with Gasteiger partial charge in [-0.25, -0.2) is 4.79 Å². The summed E-state index contributed by atoms with van der Waals surface area (Å²) in [6, 6.07) is 7.00. The van der Waals surface area contributed by atoms with Gasteiger partial charge in [0.2, 0.25) is 0 Å². The Hall–Kier alpha value is -1.75. The summed E-state index contributed by atoms with van der Waals surface area (Å²) in [5, 5.41) is 12.7. The summed E-state index contributed by atoms with van der Waals surface area (Å²) in [5.41, 5.74) is 0.844. The van der Waals surface area contributed by atoms with E-state index >= 15 is 0 Å². The van der Waals surface area contributed by atoms with E-state index in [1.165, 1.54) is 0 Å². The van der Waals surface area contributed by atoms with Crippen LogP contribution in [0.15, 0.2) is 24.3 Å². The number of aromatic hydroxyl groups is 1. The topological polar surface area (TPSA) is 61.8 Å². The van der Waals surface area contributed by atoms with Crippen LogP contribution in [0.3, 0.4) is 0 Å². The molecule has 0 radical (unpaired) electrons. The minimum atomic E-state index is -0.222. The molecule has 1 spiro atoms. The molecule has 5 heteroatoms. The Kier molecular flexibility index (Phi) is 3.53. The Morgan fingerprint density at radius 1 is 1.25 bits per heavy atom. The van der Waals surface area contributed by atoms with Crippen molar-refractivity contribution in [1.82, 2.24) is 10.2 Å². The van der Waals surface area contributed by atoms with Crippen LogP contribution in [-0.4, -0.2) is 41.3 Å². The highest BCUT2D eigenvalue weighted by Crippen LogP contribution is 2.34. The van der Waals surface area contributed by atoms with Crippen LogP contribution < -0.4 is 5.32 Å².